The zero-order chi connectivity index (χ0) is 19.6. The standard InChI is InChI=1S/C21H29N3O3/c1-15-4-6-16(7-5-15)13-24-14-18(12-19(24)25)21(27)23-10-8-17(9-11-23)20(26)22(2)3/h4-7,17-18H,8-14H2,1-3H3. The molecule has 1 atom stereocenters. The number of hydrogen-bond acceptors (Lipinski definition) is 3. The second-order valence-corrected chi connectivity index (χ2v) is 7.99. The normalized spacial score (nSPS) is 20.9. The number of carbonyl (C=O) groups excluding carboxylic acids is 3. The van der Waals surface area contributed by atoms with Crippen molar-refractivity contribution in [3.63, 3.8) is 0 Å². The Labute approximate surface area is 161 Å². The summed E-state index contributed by atoms with van der Waals surface area (Å²) >= 11 is 0. The molecule has 2 saturated heterocycles. The highest BCUT2D eigenvalue weighted by Crippen LogP contribution is 2.25. The number of hydrogen-bond donors (Lipinski definition) is 0. The quantitative estimate of drug-likeness (QED) is 0.809. The molecule has 0 aromatic heterocycles. The number of aryl methyl sites for hydroxylation is 1. The lowest BCUT2D eigenvalue weighted by molar-refractivity contribution is -0.141. The average Bonchev–Trinajstić information content (AvgIpc) is 3.03. The van der Waals surface area contributed by atoms with Crippen LogP contribution in [0, 0.1) is 18.8 Å². The third kappa shape index (κ3) is 4.49. The Hall–Kier alpha value is -2.37. The van der Waals surface area contributed by atoms with E-state index in [0.29, 0.717) is 45.4 Å². The van der Waals surface area contributed by atoms with Gasteiger partial charge in [-0.3, -0.25) is 14.4 Å². The first-order valence-electron chi connectivity index (χ1n) is 9.68. The van der Waals surface area contributed by atoms with Gasteiger partial charge in [0.2, 0.25) is 17.7 Å². The molecule has 2 heterocycles. The molecule has 6 nitrogen and oxygen atoms in total. The summed E-state index contributed by atoms with van der Waals surface area (Å²) < 4.78 is 0. The van der Waals surface area contributed by atoms with Crippen LogP contribution in [0.25, 0.3) is 0 Å². The van der Waals surface area contributed by atoms with Gasteiger partial charge in [-0.1, -0.05) is 29.8 Å². The lowest BCUT2D eigenvalue weighted by atomic mass is 9.94. The Kier molecular flexibility index (Phi) is 5.82. The zero-order valence-corrected chi connectivity index (χ0v) is 16.5. The van der Waals surface area contributed by atoms with Crippen LogP contribution in [0.15, 0.2) is 24.3 Å². The molecule has 3 amide bonds. The predicted octanol–water partition coefficient (Wildman–Crippen LogP) is 1.67. The van der Waals surface area contributed by atoms with Crippen molar-refractivity contribution < 1.29 is 14.4 Å². The summed E-state index contributed by atoms with van der Waals surface area (Å²) in [5, 5.41) is 0. The van der Waals surface area contributed by atoms with Gasteiger partial charge in [0.15, 0.2) is 0 Å². The molecular formula is C21H29N3O3. The second-order valence-electron chi connectivity index (χ2n) is 7.99. The summed E-state index contributed by atoms with van der Waals surface area (Å²) in [4.78, 5) is 42.6. The molecule has 0 spiro atoms. The fraction of sp³-hybridized carbons (Fsp3) is 0.571. The van der Waals surface area contributed by atoms with E-state index in [-0.39, 0.29) is 29.6 Å². The molecule has 146 valence electrons. The van der Waals surface area contributed by atoms with Crippen molar-refractivity contribution in [3.05, 3.63) is 35.4 Å². The first-order valence-corrected chi connectivity index (χ1v) is 9.68. The number of benzene rings is 1. The fourth-order valence-corrected chi connectivity index (χ4v) is 3.97. The van der Waals surface area contributed by atoms with Crippen molar-refractivity contribution >= 4 is 17.7 Å². The van der Waals surface area contributed by atoms with Crippen molar-refractivity contribution in [2.45, 2.75) is 32.7 Å². The van der Waals surface area contributed by atoms with Gasteiger partial charge in [0.25, 0.3) is 0 Å². The van der Waals surface area contributed by atoms with Crippen molar-refractivity contribution in [3.8, 4) is 0 Å². The Morgan fingerprint density at radius 1 is 1.07 bits per heavy atom. The van der Waals surface area contributed by atoms with Crippen LogP contribution >= 0.6 is 0 Å². The molecule has 2 fully saturated rings. The number of nitrogens with zero attached hydrogens (tertiary/aromatic N) is 3. The van der Waals surface area contributed by atoms with Crippen molar-refractivity contribution in [1.82, 2.24) is 14.7 Å². The van der Waals surface area contributed by atoms with Gasteiger partial charge in [0, 0.05) is 52.6 Å². The lowest BCUT2D eigenvalue weighted by Gasteiger charge is -2.33. The predicted molar refractivity (Wildman–Crippen MR) is 103 cm³/mol. The molecule has 0 bridgehead atoms. The van der Waals surface area contributed by atoms with Crippen LogP contribution in [0.2, 0.25) is 0 Å². The maximum Gasteiger partial charge on any atom is 0.227 e. The van der Waals surface area contributed by atoms with E-state index in [1.54, 1.807) is 23.9 Å². The monoisotopic (exact) mass is 371 g/mol. The molecule has 3 rings (SSSR count). The molecule has 0 radical (unpaired) electrons. The first-order chi connectivity index (χ1) is 12.8. The van der Waals surface area contributed by atoms with Gasteiger partial charge in [0.05, 0.1) is 5.92 Å². The number of carbonyl (C=O) groups is 3. The van der Waals surface area contributed by atoms with Crippen LogP contribution in [-0.4, -0.2) is 66.2 Å². The van der Waals surface area contributed by atoms with Gasteiger partial charge in [-0.2, -0.15) is 0 Å². The van der Waals surface area contributed by atoms with E-state index in [1.165, 1.54) is 5.56 Å². The van der Waals surface area contributed by atoms with E-state index in [9.17, 15) is 14.4 Å². The minimum Gasteiger partial charge on any atom is -0.349 e. The van der Waals surface area contributed by atoms with Gasteiger partial charge >= 0.3 is 0 Å². The lowest BCUT2D eigenvalue weighted by Crippen LogP contribution is -2.45. The van der Waals surface area contributed by atoms with Crippen molar-refractivity contribution in [2.75, 3.05) is 33.7 Å². The average molecular weight is 371 g/mol. The minimum absolute atomic E-state index is 0.00676. The zero-order valence-electron chi connectivity index (χ0n) is 16.5. The summed E-state index contributed by atoms with van der Waals surface area (Å²) in [6.07, 6.45) is 1.70. The van der Waals surface area contributed by atoms with Crippen LogP contribution < -0.4 is 0 Å². The largest absolute Gasteiger partial charge is 0.349 e. The topological polar surface area (TPSA) is 60.9 Å². The molecule has 0 N–H and O–H groups in total. The van der Waals surface area contributed by atoms with Crippen molar-refractivity contribution in [1.29, 1.82) is 0 Å². The molecule has 0 saturated carbocycles. The fourth-order valence-electron chi connectivity index (χ4n) is 3.97. The van der Waals surface area contributed by atoms with Crippen LogP contribution in [0.3, 0.4) is 0 Å². The molecular weight excluding hydrogens is 342 g/mol. The summed E-state index contributed by atoms with van der Waals surface area (Å²) in [6.45, 7) is 4.29. The highest BCUT2D eigenvalue weighted by molar-refractivity contribution is 5.89. The minimum atomic E-state index is -0.260. The van der Waals surface area contributed by atoms with Gasteiger partial charge in [0.1, 0.15) is 0 Å². The molecule has 2 aliphatic rings. The van der Waals surface area contributed by atoms with E-state index < -0.39 is 0 Å². The summed E-state index contributed by atoms with van der Waals surface area (Å²) in [5.74, 6) is -0.00383. The molecule has 1 aromatic rings. The molecule has 0 aliphatic carbocycles. The van der Waals surface area contributed by atoms with E-state index in [2.05, 4.69) is 0 Å². The van der Waals surface area contributed by atoms with Gasteiger partial charge in [-0.25, -0.2) is 0 Å². The van der Waals surface area contributed by atoms with E-state index in [0.717, 1.165) is 5.56 Å². The molecule has 1 aromatic carbocycles. The highest BCUT2D eigenvalue weighted by atomic mass is 16.2. The molecule has 2 aliphatic heterocycles. The Morgan fingerprint density at radius 3 is 2.30 bits per heavy atom. The highest BCUT2D eigenvalue weighted by Gasteiger charge is 2.38. The number of piperidine rings is 1. The molecule has 6 heteroatoms. The number of amides is 3. The van der Waals surface area contributed by atoms with E-state index in [4.69, 9.17) is 0 Å². The number of rotatable bonds is 4. The van der Waals surface area contributed by atoms with E-state index >= 15 is 0 Å². The van der Waals surface area contributed by atoms with Gasteiger partial charge in [-0.05, 0) is 25.3 Å². The van der Waals surface area contributed by atoms with Crippen LogP contribution in [0.5, 0.6) is 0 Å². The van der Waals surface area contributed by atoms with Gasteiger partial charge < -0.3 is 14.7 Å². The molecule has 27 heavy (non-hydrogen) atoms. The first kappa shape index (κ1) is 19.4. The Morgan fingerprint density at radius 2 is 1.70 bits per heavy atom. The van der Waals surface area contributed by atoms with Crippen LogP contribution in [0.1, 0.15) is 30.4 Å². The third-order valence-electron chi connectivity index (χ3n) is 5.65. The van der Waals surface area contributed by atoms with Crippen LogP contribution in [-0.2, 0) is 20.9 Å². The van der Waals surface area contributed by atoms with Crippen molar-refractivity contribution in [2.24, 2.45) is 11.8 Å². The third-order valence-corrected chi connectivity index (χ3v) is 5.65. The summed E-state index contributed by atoms with van der Waals surface area (Å²) in [5.41, 5.74) is 2.28. The maximum atomic E-state index is 12.9. The Bertz CT molecular complexity index is 706. The molecule has 1 unspecified atom stereocenters. The van der Waals surface area contributed by atoms with E-state index in [1.807, 2.05) is 36.1 Å². The van der Waals surface area contributed by atoms with Gasteiger partial charge in [-0.15, -0.1) is 0 Å². The number of likely N-dealkylation sites (tertiary alicyclic amines) is 2. The Balaban J connectivity index is 1.53. The summed E-state index contributed by atoms with van der Waals surface area (Å²) in [7, 11) is 3.54. The second kappa shape index (κ2) is 8.11. The summed E-state index contributed by atoms with van der Waals surface area (Å²) in [6, 6.07) is 8.14. The van der Waals surface area contributed by atoms with Crippen LogP contribution in [0.4, 0.5) is 0 Å². The maximum absolute atomic E-state index is 12.9. The SMILES string of the molecule is Cc1ccc(CN2CC(C(=O)N3CCC(C(=O)N(C)C)CC3)CC2=O)cc1. The smallest absolute Gasteiger partial charge is 0.227 e.